The van der Waals surface area contributed by atoms with E-state index in [1.54, 1.807) is 19.2 Å². The van der Waals surface area contributed by atoms with Gasteiger partial charge in [0, 0.05) is 20.2 Å². The van der Waals surface area contributed by atoms with Crippen LogP contribution in [0.25, 0.3) is 10.4 Å². The van der Waals surface area contributed by atoms with Gasteiger partial charge in [-0.1, -0.05) is 23.7 Å². The van der Waals surface area contributed by atoms with Gasteiger partial charge in [0.2, 0.25) is 5.95 Å². The summed E-state index contributed by atoms with van der Waals surface area (Å²) in [5, 5.41) is 4.41. The monoisotopic (exact) mass is 475 g/mol. The number of ether oxygens (including phenoxy) is 1. The summed E-state index contributed by atoms with van der Waals surface area (Å²) in [7, 11) is 1.65. The fraction of sp³-hybridized carbons (Fsp3) is 0.364. The van der Waals surface area contributed by atoms with Crippen LogP contribution in [0.4, 0.5) is 10.3 Å². The number of thiazole rings is 1. The standard InChI is InChI=1S/C22H23ClFN5O2S/c1-13-28-19(20(32-13)14-5-7-16(24)8-6-14)21(30)29-9-3-4-18(31-2)17(29)12-27-22-25-10-15(23)11-26-22/h5-8,10-11,17-18H,3-4,9,12H2,1-2H3,(H,25,26,27)/t17-,18-/m1/s1. The number of aromatic nitrogens is 3. The lowest BCUT2D eigenvalue weighted by Gasteiger charge is -2.40. The molecule has 1 aromatic carbocycles. The maximum absolute atomic E-state index is 13.7. The van der Waals surface area contributed by atoms with Crippen molar-refractivity contribution in [3.63, 3.8) is 0 Å². The van der Waals surface area contributed by atoms with Crippen molar-refractivity contribution in [1.29, 1.82) is 0 Å². The first-order valence-electron chi connectivity index (χ1n) is 10.2. The molecule has 3 aromatic rings. The van der Waals surface area contributed by atoms with Gasteiger partial charge >= 0.3 is 0 Å². The van der Waals surface area contributed by atoms with Gasteiger partial charge in [0.1, 0.15) is 11.5 Å². The van der Waals surface area contributed by atoms with Crippen molar-refractivity contribution in [2.75, 3.05) is 25.5 Å². The topological polar surface area (TPSA) is 80.2 Å². The number of aryl methyl sites for hydroxylation is 1. The van der Waals surface area contributed by atoms with Crippen molar-refractivity contribution < 1.29 is 13.9 Å². The SMILES string of the molecule is CO[C@@H]1CCCN(C(=O)c2nc(C)sc2-c2ccc(F)cc2)[C@@H]1CNc1ncc(Cl)cn1. The predicted molar refractivity (Wildman–Crippen MR) is 123 cm³/mol. The smallest absolute Gasteiger partial charge is 0.274 e. The van der Waals surface area contributed by atoms with E-state index >= 15 is 0 Å². The summed E-state index contributed by atoms with van der Waals surface area (Å²) in [6.07, 6.45) is 4.56. The van der Waals surface area contributed by atoms with Crippen molar-refractivity contribution in [1.82, 2.24) is 19.9 Å². The van der Waals surface area contributed by atoms with Gasteiger partial charge in [-0.2, -0.15) is 0 Å². The maximum Gasteiger partial charge on any atom is 0.274 e. The predicted octanol–water partition coefficient (Wildman–Crippen LogP) is 4.43. The van der Waals surface area contributed by atoms with Crippen LogP contribution in [-0.4, -0.2) is 58.1 Å². The molecular formula is C22H23ClFN5O2S. The van der Waals surface area contributed by atoms with Gasteiger partial charge in [-0.25, -0.2) is 19.3 Å². The highest BCUT2D eigenvalue weighted by Crippen LogP contribution is 2.33. The Morgan fingerprint density at radius 2 is 2.03 bits per heavy atom. The number of carbonyl (C=O) groups is 1. The van der Waals surface area contributed by atoms with E-state index in [0.717, 1.165) is 28.3 Å². The number of amides is 1. The fourth-order valence-electron chi connectivity index (χ4n) is 3.89. The third-order valence-electron chi connectivity index (χ3n) is 5.41. The third kappa shape index (κ3) is 4.90. The molecule has 2 aromatic heterocycles. The first-order chi connectivity index (χ1) is 15.5. The summed E-state index contributed by atoms with van der Waals surface area (Å²) in [6.45, 7) is 2.87. The zero-order chi connectivity index (χ0) is 22.7. The quantitative estimate of drug-likeness (QED) is 0.568. The Bertz CT molecular complexity index is 1080. The summed E-state index contributed by atoms with van der Waals surface area (Å²) in [4.78, 5) is 29.1. The Hall–Kier alpha value is -2.62. The number of carbonyl (C=O) groups excluding carboxylic acids is 1. The summed E-state index contributed by atoms with van der Waals surface area (Å²) in [6, 6.07) is 5.89. The lowest BCUT2D eigenvalue weighted by Crippen LogP contribution is -2.54. The van der Waals surface area contributed by atoms with E-state index in [2.05, 4.69) is 20.3 Å². The molecule has 0 saturated carbocycles. The number of halogens is 2. The van der Waals surface area contributed by atoms with Crippen molar-refractivity contribution in [2.24, 2.45) is 0 Å². The van der Waals surface area contributed by atoms with Crippen molar-refractivity contribution in [3.05, 3.63) is 58.2 Å². The first-order valence-corrected chi connectivity index (χ1v) is 11.4. The fourth-order valence-corrected chi connectivity index (χ4v) is 4.91. The van der Waals surface area contributed by atoms with Crippen LogP contribution in [0.3, 0.4) is 0 Å². The lowest BCUT2D eigenvalue weighted by atomic mass is 9.97. The molecule has 0 bridgehead atoms. The van der Waals surface area contributed by atoms with E-state index < -0.39 is 0 Å². The minimum atomic E-state index is -0.322. The van der Waals surface area contributed by atoms with E-state index in [9.17, 15) is 9.18 Å². The van der Waals surface area contributed by atoms with Gasteiger partial charge in [0.15, 0.2) is 0 Å². The number of methoxy groups -OCH3 is 1. The molecule has 1 N–H and O–H groups in total. The average molecular weight is 476 g/mol. The summed E-state index contributed by atoms with van der Waals surface area (Å²) < 4.78 is 19.1. The van der Waals surface area contributed by atoms with Crippen molar-refractivity contribution >= 4 is 34.8 Å². The normalized spacial score (nSPS) is 18.6. The van der Waals surface area contributed by atoms with Gasteiger partial charge in [-0.05, 0) is 37.5 Å². The highest BCUT2D eigenvalue weighted by atomic mass is 35.5. The second-order valence-corrected chi connectivity index (χ2v) is 9.15. The second-order valence-electron chi connectivity index (χ2n) is 7.51. The summed E-state index contributed by atoms with van der Waals surface area (Å²) in [5.74, 6) is -0.0598. The molecule has 1 fully saturated rings. The molecule has 10 heteroatoms. The van der Waals surface area contributed by atoms with Gasteiger partial charge in [0.05, 0.1) is 39.4 Å². The summed E-state index contributed by atoms with van der Waals surface area (Å²) >= 11 is 7.29. The largest absolute Gasteiger partial charge is 0.379 e. The van der Waals surface area contributed by atoms with Gasteiger partial charge in [-0.3, -0.25) is 4.79 Å². The number of rotatable bonds is 6. The molecule has 32 heavy (non-hydrogen) atoms. The zero-order valence-corrected chi connectivity index (χ0v) is 19.3. The molecule has 4 rings (SSSR count). The highest BCUT2D eigenvalue weighted by molar-refractivity contribution is 7.15. The number of likely N-dealkylation sites (tertiary alicyclic amines) is 1. The third-order valence-corrected chi connectivity index (χ3v) is 6.63. The molecule has 2 atom stereocenters. The van der Waals surface area contributed by atoms with Crippen LogP contribution >= 0.6 is 22.9 Å². The number of piperidine rings is 1. The van der Waals surface area contributed by atoms with E-state index in [-0.39, 0.29) is 23.9 Å². The van der Waals surface area contributed by atoms with E-state index in [1.807, 2.05) is 11.8 Å². The van der Waals surface area contributed by atoms with Crippen LogP contribution in [0.15, 0.2) is 36.7 Å². The molecule has 7 nitrogen and oxygen atoms in total. The minimum absolute atomic E-state index is 0.137. The van der Waals surface area contributed by atoms with E-state index in [0.29, 0.717) is 29.8 Å². The number of hydrogen-bond acceptors (Lipinski definition) is 7. The molecule has 168 valence electrons. The Morgan fingerprint density at radius 1 is 1.31 bits per heavy atom. The van der Waals surface area contributed by atoms with Gasteiger partial charge in [0.25, 0.3) is 5.91 Å². The molecular weight excluding hydrogens is 453 g/mol. The zero-order valence-electron chi connectivity index (χ0n) is 17.7. The minimum Gasteiger partial charge on any atom is -0.379 e. The number of anilines is 1. The molecule has 1 amide bonds. The summed E-state index contributed by atoms with van der Waals surface area (Å²) in [5.41, 5.74) is 1.15. The van der Waals surface area contributed by atoms with E-state index in [4.69, 9.17) is 16.3 Å². The molecule has 1 saturated heterocycles. The average Bonchev–Trinajstić information content (AvgIpc) is 3.20. The van der Waals surface area contributed by atoms with Crippen LogP contribution in [0.2, 0.25) is 5.02 Å². The number of hydrogen-bond donors (Lipinski definition) is 1. The Balaban J connectivity index is 1.60. The van der Waals surface area contributed by atoms with Crippen LogP contribution in [0.5, 0.6) is 0 Å². The Labute approximate surface area is 194 Å². The second kappa shape index (κ2) is 9.89. The Morgan fingerprint density at radius 3 is 2.72 bits per heavy atom. The lowest BCUT2D eigenvalue weighted by molar-refractivity contribution is -0.00768. The van der Waals surface area contributed by atoms with Crippen molar-refractivity contribution in [3.8, 4) is 10.4 Å². The van der Waals surface area contributed by atoms with Crippen molar-refractivity contribution in [2.45, 2.75) is 31.9 Å². The number of benzene rings is 1. The molecule has 0 radical (unpaired) electrons. The highest BCUT2D eigenvalue weighted by Gasteiger charge is 2.36. The number of nitrogens with zero attached hydrogens (tertiary/aromatic N) is 4. The molecule has 0 spiro atoms. The Kier molecular flexibility index (Phi) is 6.98. The van der Waals surface area contributed by atoms with Crippen LogP contribution in [-0.2, 0) is 4.74 Å². The number of nitrogens with one attached hydrogen (secondary N) is 1. The molecule has 1 aliphatic heterocycles. The van der Waals surface area contributed by atoms with Crippen LogP contribution < -0.4 is 5.32 Å². The van der Waals surface area contributed by atoms with Crippen LogP contribution in [0.1, 0.15) is 28.3 Å². The van der Waals surface area contributed by atoms with Crippen LogP contribution in [0, 0.1) is 12.7 Å². The maximum atomic E-state index is 13.7. The van der Waals surface area contributed by atoms with Gasteiger partial charge < -0.3 is 15.0 Å². The molecule has 1 aliphatic rings. The molecule has 3 heterocycles. The van der Waals surface area contributed by atoms with E-state index in [1.165, 1.54) is 35.9 Å². The molecule has 0 aliphatic carbocycles. The van der Waals surface area contributed by atoms with Gasteiger partial charge in [-0.15, -0.1) is 11.3 Å². The first kappa shape index (κ1) is 22.6. The molecule has 0 unspecified atom stereocenters.